The van der Waals surface area contributed by atoms with E-state index in [9.17, 15) is 10.2 Å². The Labute approximate surface area is 127 Å². The fourth-order valence-corrected chi connectivity index (χ4v) is 2.62. The fourth-order valence-electron chi connectivity index (χ4n) is 2.62. The van der Waals surface area contributed by atoms with Gasteiger partial charge in [-0.1, -0.05) is 12.5 Å². The summed E-state index contributed by atoms with van der Waals surface area (Å²) in [4.78, 5) is 0. The van der Waals surface area contributed by atoms with Crippen molar-refractivity contribution in [1.82, 2.24) is 0 Å². The molecule has 4 heteroatoms. The maximum Gasteiger partial charge on any atom is 0.122 e. The molecule has 2 atom stereocenters. The van der Waals surface area contributed by atoms with E-state index in [0.717, 1.165) is 31.2 Å². The SMILES string of the molecule is OCC1CCCC(c2ccc(O)cc2O)C1.[Y]. The van der Waals surface area contributed by atoms with Crippen LogP contribution in [0.4, 0.5) is 0 Å². The zero-order valence-electron chi connectivity index (χ0n) is 9.84. The smallest absolute Gasteiger partial charge is 0.122 e. The molecule has 1 radical (unpaired) electrons. The van der Waals surface area contributed by atoms with Crippen LogP contribution in [0.15, 0.2) is 18.2 Å². The van der Waals surface area contributed by atoms with E-state index in [1.165, 1.54) is 6.07 Å². The van der Waals surface area contributed by atoms with Crippen molar-refractivity contribution < 1.29 is 48.0 Å². The van der Waals surface area contributed by atoms with Crippen LogP contribution in [0.1, 0.15) is 37.2 Å². The van der Waals surface area contributed by atoms with Gasteiger partial charge in [-0.25, -0.2) is 0 Å². The summed E-state index contributed by atoms with van der Waals surface area (Å²) >= 11 is 0. The third kappa shape index (κ3) is 3.67. The van der Waals surface area contributed by atoms with Crippen molar-refractivity contribution in [2.24, 2.45) is 5.92 Å². The van der Waals surface area contributed by atoms with E-state index >= 15 is 0 Å². The molecule has 1 aliphatic rings. The van der Waals surface area contributed by atoms with Crippen molar-refractivity contribution in [3.05, 3.63) is 23.8 Å². The van der Waals surface area contributed by atoms with E-state index in [1.807, 2.05) is 0 Å². The maximum atomic E-state index is 9.78. The van der Waals surface area contributed by atoms with Crippen molar-refractivity contribution in [2.45, 2.75) is 31.6 Å². The molecule has 91 valence electrons. The van der Waals surface area contributed by atoms with Gasteiger partial charge in [0.1, 0.15) is 11.5 Å². The van der Waals surface area contributed by atoms with Gasteiger partial charge in [0.05, 0.1) is 0 Å². The third-order valence-corrected chi connectivity index (χ3v) is 3.49. The summed E-state index contributed by atoms with van der Waals surface area (Å²) in [7, 11) is 0. The Bertz CT molecular complexity index is 368. The van der Waals surface area contributed by atoms with Gasteiger partial charge in [-0.15, -0.1) is 0 Å². The summed E-state index contributed by atoms with van der Waals surface area (Å²) in [6, 6.07) is 4.78. The van der Waals surface area contributed by atoms with E-state index in [1.54, 1.807) is 12.1 Å². The van der Waals surface area contributed by atoms with Gasteiger partial charge in [0.2, 0.25) is 0 Å². The van der Waals surface area contributed by atoms with Gasteiger partial charge < -0.3 is 15.3 Å². The molecule has 0 saturated heterocycles. The molecule has 2 rings (SSSR count). The van der Waals surface area contributed by atoms with Crippen molar-refractivity contribution in [2.75, 3.05) is 6.61 Å². The van der Waals surface area contributed by atoms with Crippen molar-refractivity contribution >= 4 is 0 Å². The summed E-state index contributed by atoms with van der Waals surface area (Å²) in [5, 5.41) is 28.2. The Morgan fingerprint density at radius 3 is 2.59 bits per heavy atom. The standard InChI is InChI=1S/C13H18O3.Y/c14-8-9-2-1-3-10(6-9)12-5-4-11(15)7-13(12)16;/h4-5,7,9-10,14-16H,1-3,6,8H2;. The molecule has 1 aromatic carbocycles. The van der Waals surface area contributed by atoms with E-state index < -0.39 is 0 Å². The molecule has 0 heterocycles. The molecule has 0 aliphatic heterocycles. The average molecular weight is 311 g/mol. The van der Waals surface area contributed by atoms with Gasteiger partial charge in [0.25, 0.3) is 0 Å². The Morgan fingerprint density at radius 2 is 1.94 bits per heavy atom. The Balaban J connectivity index is 0.00000144. The topological polar surface area (TPSA) is 60.7 Å². The number of phenols is 2. The molecule has 1 aromatic rings. The van der Waals surface area contributed by atoms with Crippen LogP contribution in [0.2, 0.25) is 0 Å². The molecule has 0 bridgehead atoms. The first-order chi connectivity index (χ1) is 7.70. The third-order valence-electron chi connectivity index (χ3n) is 3.49. The predicted octanol–water partition coefficient (Wildman–Crippen LogP) is 2.36. The molecule has 0 aromatic heterocycles. The minimum atomic E-state index is 0. The molecule has 2 unspecified atom stereocenters. The predicted molar refractivity (Wildman–Crippen MR) is 61.6 cm³/mol. The largest absolute Gasteiger partial charge is 0.508 e. The maximum absolute atomic E-state index is 9.78. The molecule has 0 amide bonds. The van der Waals surface area contributed by atoms with Crippen molar-refractivity contribution in [3.63, 3.8) is 0 Å². The Morgan fingerprint density at radius 1 is 1.18 bits per heavy atom. The number of benzene rings is 1. The van der Waals surface area contributed by atoms with Gasteiger partial charge >= 0.3 is 0 Å². The summed E-state index contributed by atoms with van der Waals surface area (Å²) in [5.41, 5.74) is 0.899. The quantitative estimate of drug-likeness (QED) is 0.786. The van der Waals surface area contributed by atoms with Crippen LogP contribution in [0, 0.1) is 5.92 Å². The van der Waals surface area contributed by atoms with Crippen LogP contribution in [-0.2, 0) is 32.7 Å². The van der Waals surface area contributed by atoms with Gasteiger partial charge in [-0.3, -0.25) is 0 Å². The fraction of sp³-hybridized carbons (Fsp3) is 0.538. The molecule has 17 heavy (non-hydrogen) atoms. The number of phenolic OH excluding ortho intramolecular Hbond substituents is 2. The van der Waals surface area contributed by atoms with Gasteiger partial charge in [0, 0.05) is 45.4 Å². The second kappa shape index (κ2) is 6.72. The van der Waals surface area contributed by atoms with E-state index in [4.69, 9.17) is 5.11 Å². The average Bonchev–Trinajstić information content (AvgIpc) is 2.29. The Hall–Kier alpha value is -0.116. The number of aliphatic hydroxyl groups excluding tert-OH is 1. The summed E-state index contributed by atoms with van der Waals surface area (Å²) in [5.74, 6) is 0.929. The molecule has 3 N–H and O–H groups in total. The summed E-state index contributed by atoms with van der Waals surface area (Å²) in [6.45, 7) is 0.231. The molecule has 1 saturated carbocycles. The van der Waals surface area contributed by atoms with Crippen LogP contribution in [0.5, 0.6) is 11.5 Å². The monoisotopic (exact) mass is 311 g/mol. The number of aliphatic hydroxyl groups is 1. The normalized spacial score (nSPS) is 24.1. The molecule has 3 nitrogen and oxygen atoms in total. The van der Waals surface area contributed by atoms with Gasteiger partial charge in [0.15, 0.2) is 0 Å². The first-order valence-corrected chi connectivity index (χ1v) is 5.83. The summed E-state index contributed by atoms with van der Waals surface area (Å²) in [6.07, 6.45) is 4.14. The molecular formula is C13H18O3Y. The van der Waals surface area contributed by atoms with Gasteiger partial charge in [-0.05, 0) is 42.7 Å². The number of hydrogen-bond acceptors (Lipinski definition) is 3. The van der Waals surface area contributed by atoms with E-state index in [-0.39, 0.29) is 50.8 Å². The van der Waals surface area contributed by atoms with E-state index in [0.29, 0.717) is 11.8 Å². The first kappa shape index (κ1) is 14.9. The minimum Gasteiger partial charge on any atom is -0.508 e. The molecule has 1 aliphatic carbocycles. The second-order valence-electron chi connectivity index (χ2n) is 4.66. The Kier molecular flexibility index (Phi) is 5.91. The summed E-state index contributed by atoms with van der Waals surface area (Å²) < 4.78 is 0. The number of rotatable bonds is 2. The minimum absolute atomic E-state index is 0. The van der Waals surface area contributed by atoms with Crippen LogP contribution >= 0.6 is 0 Å². The van der Waals surface area contributed by atoms with Crippen LogP contribution in [0.3, 0.4) is 0 Å². The zero-order valence-corrected chi connectivity index (χ0v) is 12.7. The van der Waals surface area contributed by atoms with E-state index in [2.05, 4.69) is 0 Å². The second-order valence-corrected chi connectivity index (χ2v) is 4.66. The molecule has 0 spiro atoms. The molecule has 1 fully saturated rings. The van der Waals surface area contributed by atoms with Crippen LogP contribution in [0.25, 0.3) is 0 Å². The first-order valence-electron chi connectivity index (χ1n) is 5.83. The zero-order chi connectivity index (χ0) is 11.5. The van der Waals surface area contributed by atoms with Crippen LogP contribution < -0.4 is 0 Å². The van der Waals surface area contributed by atoms with Gasteiger partial charge in [-0.2, -0.15) is 0 Å². The van der Waals surface area contributed by atoms with Crippen molar-refractivity contribution in [3.8, 4) is 11.5 Å². The number of hydrogen-bond donors (Lipinski definition) is 3. The number of aromatic hydroxyl groups is 2. The van der Waals surface area contributed by atoms with Crippen LogP contribution in [-0.4, -0.2) is 21.9 Å². The van der Waals surface area contributed by atoms with Crippen molar-refractivity contribution in [1.29, 1.82) is 0 Å². The molecular weight excluding hydrogens is 293 g/mol.